The average molecular weight is 377 g/mol. The first-order valence-electron chi connectivity index (χ1n) is 9.64. The van der Waals surface area contributed by atoms with E-state index >= 15 is 0 Å². The van der Waals surface area contributed by atoms with Crippen molar-refractivity contribution in [2.75, 3.05) is 25.1 Å². The van der Waals surface area contributed by atoms with Gasteiger partial charge in [0.2, 0.25) is 0 Å². The van der Waals surface area contributed by atoms with E-state index in [1.807, 2.05) is 67.6 Å². The fraction of sp³-hybridized carbons (Fsp3) is 0.250. The van der Waals surface area contributed by atoms with E-state index in [2.05, 4.69) is 23.5 Å². The van der Waals surface area contributed by atoms with Crippen molar-refractivity contribution in [2.24, 2.45) is 0 Å². The molecule has 0 aliphatic heterocycles. The maximum atomic E-state index is 5.84. The van der Waals surface area contributed by atoms with Gasteiger partial charge in [-0.2, -0.15) is 0 Å². The van der Waals surface area contributed by atoms with Gasteiger partial charge in [-0.3, -0.25) is 0 Å². The Morgan fingerprint density at radius 3 is 2.29 bits per heavy atom. The van der Waals surface area contributed by atoms with Gasteiger partial charge in [-0.1, -0.05) is 48.5 Å². The van der Waals surface area contributed by atoms with Gasteiger partial charge >= 0.3 is 0 Å². The fourth-order valence-electron chi connectivity index (χ4n) is 2.75. The number of rotatable bonds is 11. The Morgan fingerprint density at radius 2 is 1.50 bits per heavy atom. The van der Waals surface area contributed by atoms with Gasteiger partial charge in [0.05, 0.1) is 6.61 Å². The van der Waals surface area contributed by atoms with Gasteiger partial charge in [-0.15, -0.1) is 0 Å². The van der Waals surface area contributed by atoms with E-state index in [1.165, 1.54) is 0 Å². The molecule has 0 atom stereocenters. The first kappa shape index (κ1) is 19.8. The quantitative estimate of drug-likeness (QED) is 0.461. The molecular formula is C24H27NO3. The Balaban J connectivity index is 1.49. The molecule has 0 saturated carbocycles. The second-order valence-corrected chi connectivity index (χ2v) is 6.31. The molecule has 0 aliphatic rings. The third-order valence-corrected chi connectivity index (χ3v) is 4.25. The van der Waals surface area contributed by atoms with E-state index in [9.17, 15) is 0 Å². The Morgan fingerprint density at radius 1 is 0.750 bits per heavy atom. The van der Waals surface area contributed by atoms with E-state index in [4.69, 9.17) is 14.2 Å². The van der Waals surface area contributed by atoms with Crippen molar-refractivity contribution in [3.8, 4) is 11.5 Å². The lowest BCUT2D eigenvalue weighted by Gasteiger charge is -2.13. The highest BCUT2D eigenvalue weighted by Gasteiger charge is 2.03. The largest absolute Gasteiger partial charge is 0.491 e. The SMILES string of the molecule is CCOCCOc1ccccc1CNc1ccc(OCc2ccccc2)cc1. The molecule has 3 rings (SSSR count). The molecule has 28 heavy (non-hydrogen) atoms. The molecule has 1 N–H and O–H groups in total. The standard InChI is InChI=1S/C24H27NO3/c1-2-26-16-17-27-24-11-7-6-10-21(24)18-25-22-12-14-23(15-13-22)28-19-20-8-4-3-5-9-20/h3-15,25H,2,16-19H2,1H3. The lowest BCUT2D eigenvalue weighted by atomic mass is 10.2. The van der Waals surface area contributed by atoms with Crippen molar-refractivity contribution in [2.45, 2.75) is 20.1 Å². The van der Waals surface area contributed by atoms with Gasteiger partial charge in [-0.05, 0) is 42.8 Å². The molecule has 0 aliphatic carbocycles. The van der Waals surface area contributed by atoms with Crippen LogP contribution in [0.2, 0.25) is 0 Å². The average Bonchev–Trinajstić information content (AvgIpc) is 2.76. The maximum Gasteiger partial charge on any atom is 0.124 e. The molecule has 0 radical (unpaired) electrons. The summed E-state index contributed by atoms with van der Waals surface area (Å²) in [6.45, 7) is 5.10. The van der Waals surface area contributed by atoms with Crippen LogP contribution in [0.3, 0.4) is 0 Å². The Labute approximate surface area is 167 Å². The lowest BCUT2D eigenvalue weighted by molar-refractivity contribution is 0.110. The lowest BCUT2D eigenvalue weighted by Crippen LogP contribution is -2.09. The maximum absolute atomic E-state index is 5.84. The molecule has 0 heterocycles. The number of para-hydroxylation sites is 1. The summed E-state index contributed by atoms with van der Waals surface area (Å²) < 4.78 is 17.0. The van der Waals surface area contributed by atoms with Crippen molar-refractivity contribution in [3.63, 3.8) is 0 Å². The molecule has 3 aromatic rings. The predicted molar refractivity (Wildman–Crippen MR) is 113 cm³/mol. The second-order valence-electron chi connectivity index (χ2n) is 6.31. The van der Waals surface area contributed by atoms with Crippen LogP contribution in [0.15, 0.2) is 78.9 Å². The van der Waals surface area contributed by atoms with Crippen LogP contribution in [0.25, 0.3) is 0 Å². The van der Waals surface area contributed by atoms with Crippen LogP contribution in [-0.2, 0) is 17.9 Å². The highest BCUT2D eigenvalue weighted by atomic mass is 16.5. The summed E-state index contributed by atoms with van der Waals surface area (Å²) >= 11 is 0. The number of benzene rings is 3. The molecule has 0 fully saturated rings. The molecule has 0 aromatic heterocycles. The highest BCUT2D eigenvalue weighted by molar-refractivity contribution is 5.48. The zero-order valence-electron chi connectivity index (χ0n) is 16.3. The summed E-state index contributed by atoms with van der Waals surface area (Å²) in [5.41, 5.74) is 3.31. The summed E-state index contributed by atoms with van der Waals surface area (Å²) in [4.78, 5) is 0. The van der Waals surface area contributed by atoms with Crippen molar-refractivity contribution in [3.05, 3.63) is 90.0 Å². The normalized spacial score (nSPS) is 10.5. The Hall–Kier alpha value is -2.98. The van der Waals surface area contributed by atoms with Crippen LogP contribution < -0.4 is 14.8 Å². The van der Waals surface area contributed by atoms with Gasteiger partial charge in [0.25, 0.3) is 0 Å². The van der Waals surface area contributed by atoms with Gasteiger partial charge < -0.3 is 19.5 Å². The molecule has 4 heteroatoms. The summed E-state index contributed by atoms with van der Waals surface area (Å²) in [5, 5.41) is 3.44. The minimum Gasteiger partial charge on any atom is -0.491 e. The van der Waals surface area contributed by atoms with Crippen LogP contribution in [-0.4, -0.2) is 19.8 Å². The summed E-state index contributed by atoms with van der Waals surface area (Å²) in [7, 11) is 0. The van der Waals surface area contributed by atoms with E-state index in [0.29, 0.717) is 33.0 Å². The van der Waals surface area contributed by atoms with Crippen LogP contribution >= 0.6 is 0 Å². The first-order chi connectivity index (χ1) is 13.8. The molecule has 0 unspecified atom stereocenters. The molecule has 0 bridgehead atoms. The van der Waals surface area contributed by atoms with Gasteiger partial charge in [-0.25, -0.2) is 0 Å². The van der Waals surface area contributed by atoms with Crippen molar-refractivity contribution in [1.29, 1.82) is 0 Å². The summed E-state index contributed by atoms with van der Waals surface area (Å²) in [5.74, 6) is 1.74. The van der Waals surface area contributed by atoms with Crippen LogP contribution in [0.4, 0.5) is 5.69 Å². The van der Waals surface area contributed by atoms with Crippen LogP contribution in [0.1, 0.15) is 18.1 Å². The number of hydrogen-bond acceptors (Lipinski definition) is 4. The number of ether oxygens (including phenoxy) is 3. The minimum atomic E-state index is 0.554. The van der Waals surface area contributed by atoms with Gasteiger partial charge in [0.1, 0.15) is 24.7 Å². The molecule has 0 spiro atoms. The number of hydrogen-bond donors (Lipinski definition) is 1. The molecule has 3 aromatic carbocycles. The zero-order chi connectivity index (χ0) is 19.4. The van der Waals surface area contributed by atoms with Gasteiger partial charge in [0.15, 0.2) is 0 Å². The number of nitrogens with one attached hydrogen (secondary N) is 1. The smallest absolute Gasteiger partial charge is 0.124 e. The predicted octanol–water partition coefficient (Wildman–Crippen LogP) is 5.29. The van der Waals surface area contributed by atoms with Gasteiger partial charge in [0, 0.05) is 24.4 Å². The van der Waals surface area contributed by atoms with E-state index in [0.717, 1.165) is 28.3 Å². The van der Waals surface area contributed by atoms with Crippen LogP contribution in [0, 0.1) is 0 Å². The van der Waals surface area contributed by atoms with Crippen molar-refractivity contribution in [1.82, 2.24) is 0 Å². The fourth-order valence-corrected chi connectivity index (χ4v) is 2.75. The molecule has 146 valence electrons. The third kappa shape index (κ3) is 6.32. The topological polar surface area (TPSA) is 39.7 Å². The van der Waals surface area contributed by atoms with Crippen molar-refractivity contribution >= 4 is 5.69 Å². The van der Waals surface area contributed by atoms with E-state index in [-0.39, 0.29) is 0 Å². The Kier molecular flexibility index (Phi) is 7.77. The summed E-state index contributed by atoms with van der Waals surface area (Å²) in [6, 6.07) is 26.2. The van der Waals surface area contributed by atoms with E-state index < -0.39 is 0 Å². The number of anilines is 1. The first-order valence-corrected chi connectivity index (χ1v) is 9.64. The molecule has 0 saturated heterocycles. The van der Waals surface area contributed by atoms with Crippen molar-refractivity contribution < 1.29 is 14.2 Å². The highest BCUT2D eigenvalue weighted by Crippen LogP contribution is 2.21. The summed E-state index contributed by atoms with van der Waals surface area (Å²) in [6.07, 6.45) is 0. The van der Waals surface area contributed by atoms with E-state index in [1.54, 1.807) is 0 Å². The van der Waals surface area contributed by atoms with Crippen LogP contribution in [0.5, 0.6) is 11.5 Å². The zero-order valence-corrected chi connectivity index (χ0v) is 16.3. The minimum absolute atomic E-state index is 0.554. The monoisotopic (exact) mass is 377 g/mol. The third-order valence-electron chi connectivity index (χ3n) is 4.25. The molecular weight excluding hydrogens is 350 g/mol. The Bertz CT molecular complexity index is 819. The molecule has 0 amide bonds. The molecule has 4 nitrogen and oxygen atoms in total. The second kappa shape index (κ2) is 11.0.